The Labute approximate surface area is 163 Å². The van der Waals surface area contributed by atoms with Crippen LogP contribution in [-0.4, -0.2) is 36.1 Å². The monoisotopic (exact) mass is 380 g/mol. The number of aryl methyl sites for hydroxylation is 1. The number of para-hydroxylation sites is 1. The molecule has 0 unspecified atom stereocenters. The molecule has 2 N–H and O–H groups in total. The number of carbonyl (C=O) groups is 2. The van der Waals surface area contributed by atoms with E-state index in [0.717, 1.165) is 22.0 Å². The molecule has 0 fully saturated rings. The van der Waals surface area contributed by atoms with Gasteiger partial charge in [-0.3, -0.25) is 4.79 Å². The minimum Gasteiger partial charge on any atom is -0.479 e. The number of H-pyrrole nitrogens is 1. The number of aromatic amines is 1. The number of amides is 1. The minimum atomic E-state index is -0.791. The molecule has 0 aliphatic carbocycles. The second kappa shape index (κ2) is 9.08. The summed E-state index contributed by atoms with van der Waals surface area (Å²) in [6.45, 7) is 3.68. The third-order valence-electron chi connectivity index (χ3n) is 4.37. The SMILES string of the molecule is Cc1cccc(O[C@@H](C)C(=O)OCC(=O)NCCc2c[nH]c3ccccc23)c1. The van der Waals surface area contributed by atoms with E-state index in [0.29, 0.717) is 18.7 Å². The van der Waals surface area contributed by atoms with Crippen molar-refractivity contribution >= 4 is 22.8 Å². The Morgan fingerprint density at radius 3 is 2.79 bits per heavy atom. The van der Waals surface area contributed by atoms with E-state index in [1.807, 2.05) is 55.6 Å². The van der Waals surface area contributed by atoms with Crippen LogP contribution in [-0.2, 0) is 20.7 Å². The van der Waals surface area contributed by atoms with Crippen molar-refractivity contribution in [2.45, 2.75) is 26.4 Å². The van der Waals surface area contributed by atoms with E-state index in [4.69, 9.17) is 9.47 Å². The van der Waals surface area contributed by atoms with Crippen molar-refractivity contribution in [2.75, 3.05) is 13.2 Å². The molecule has 1 atom stereocenters. The van der Waals surface area contributed by atoms with E-state index in [1.165, 1.54) is 0 Å². The van der Waals surface area contributed by atoms with E-state index in [2.05, 4.69) is 10.3 Å². The lowest BCUT2D eigenvalue weighted by atomic mass is 10.1. The lowest BCUT2D eigenvalue weighted by Crippen LogP contribution is -2.33. The van der Waals surface area contributed by atoms with E-state index >= 15 is 0 Å². The van der Waals surface area contributed by atoms with Gasteiger partial charge >= 0.3 is 5.97 Å². The fourth-order valence-corrected chi connectivity index (χ4v) is 2.92. The second-order valence-corrected chi connectivity index (χ2v) is 6.64. The standard InChI is InChI=1S/C22H24N2O4/c1-15-6-5-7-18(12-15)28-16(2)22(26)27-14-21(25)23-11-10-17-13-24-20-9-4-3-8-19(17)20/h3-9,12-13,16,24H,10-11,14H2,1-2H3,(H,23,25)/t16-/m0/s1. The van der Waals surface area contributed by atoms with Gasteiger partial charge in [0.2, 0.25) is 0 Å². The predicted molar refractivity (Wildman–Crippen MR) is 107 cm³/mol. The van der Waals surface area contributed by atoms with Crippen LogP contribution in [0.3, 0.4) is 0 Å². The molecule has 1 aromatic heterocycles. The summed E-state index contributed by atoms with van der Waals surface area (Å²) >= 11 is 0. The summed E-state index contributed by atoms with van der Waals surface area (Å²) in [7, 11) is 0. The van der Waals surface area contributed by atoms with Gasteiger partial charge < -0.3 is 19.8 Å². The van der Waals surface area contributed by atoms with Gasteiger partial charge in [0.05, 0.1) is 0 Å². The van der Waals surface area contributed by atoms with Crippen molar-refractivity contribution in [2.24, 2.45) is 0 Å². The van der Waals surface area contributed by atoms with Crippen LogP contribution in [0.5, 0.6) is 5.75 Å². The van der Waals surface area contributed by atoms with E-state index in [9.17, 15) is 9.59 Å². The molecule has 146 valence electrons. The topological polar surface area (TPSA) is 80.4 Å². The first kappa shape index (κ1) is 19.5. The molecule has 0 radical (unpaired) electrons. The van der Waals surface area contributed by atoms with Crippen LogP contribution < -0.4 is 10.1 Å². The van der Waals surface area contributed by atoms with E-state index in [1.54, 1.807) is 13.0 Å². The molecule has 0 aliphatic heterocycles. The van der Waals surface area contributed by atoms with Gasteiger partial charge in [-0.15, -0.1) is 0 Å². The molecule has 6 heteroatoms. The maximum atomic E-state index is 12.0. The van der Waals surface area contributed by atoms with Crippen molar-refractivity contribution in [3.8, 4) is 5.75 Å². The van der Waals surface area contributed by atoms with Crippen molar-refractivity contribution < 1.29 is 19.1 Å². The molecule has 0 bridgehead atoms. The summed E-state index contributed by atoms with van der Waals surface area (Å²) in [5.41, 5.74) is 3.24. The molecule has 3 aromatic rings. The largest absolute Gasteiger partial charge is 0.479 e. The van der Waals surface area contributed by atoms with Gasteiger partial charge in [-0.2, -0.15) is 0 Å². The zero-order valence-electron chi connectivity index (χ0n) is 16.0. The van der Waals surface area contributed by atoms with Gasteiger partial charge in [0, 0.05) is 23.6 Å². The number of hydrogen-bond donors (Lipinski definition) is 2. The smallest absolute Gasteiger partial charge is 0.347 e. The summed E-state index contributed by atoms with van der Waals surface area (Å²) in [5, 5.41) is 3.91. The molecule has 0 saturated carbocycles. The van der Waals surface area contributed by atoms with E-state index in [-0.39, 0.29) is 12.5 Å². The summed E-state index contributed by atoms with van der Waals surface area (Å²) in [6.07, 6.45) is 1.85. The van der Waals surface area contributed by atoms with Crippen molar-refractivity contribution in [1.82, 2.24) is 10.3 Å². The maximum Gasteiger partial charge on any atom is 0.347 e. The highest BCUT2D eigenvalue weighted by Gasteiger charge is 2.17. The van der Waals surface area contributed by atoms with Gasteiger partial charge in [-0.05, 0) is 49.6 Å². The number of fused-ring (bicyclic) bond motifs is 1. The van der Waals surface area contributed by atoms with Crippen LogP contribution in [0.2, 0.25) is 0 Å². The molecule has 2 aromatic carbocycles. The number of carbonyl (C=O) groups excluding carboxylic acids is 2. The van der Waals surface area contributed by atoms with Crippen molar-refractivity contribution in [1.29, 1.82) is 0 Å². The predicted octanol–water partition coefficient (Wildman–Crippen LogP) is 3.15. The first-order chi connectivity index (χ1) is 13.5. The highest BCUT2D eigenvalue weighted by atomic mass is 16.6. The number of esters is 1. The minimum absolute atomic E-state index is 0.325. The normalized spacial score (nSPS) is 11.8. The van der Waals surface area contributed by atoms with E-state index < -0.39 is 12.1 Å². The van der Waals surface area contributed by atoms with Crippen LogP contribution >= 0.6 is 0 Å². The zero-order valence-corrected chi connectivity index (χ0v) is 16.0. The lowest BCUT2D eigenvalue weighted by molar-refractivity contribution is -0.154. The summed E-state index contributed by atoms with van der Waals surface area (Å²) in [5.74, 6) is -0.322. The zero-order chi connectivity index (χ0) is 19.9. The molecule has 0 saturated heterocycles. The Morgan fingerprint density at radius 1 is 1.14 bits per heavy atom. The molecular weight excluding hydrogens is 356 g/mol. The van der Waals surface area contributed by atoms with Crippen molar-refractivity contribution in [3.63, 3.8) is 0 Å². The van der Waals surface area contributed by atoms with Crippen LogP contribution in [0.15, 0.2) is 54.7 Å². The van der Waals surface area contributed by atoms with Gasteiger partial charge in [0.25, 0.3) is 5.91 Å². The number of rotatable bonds is 8. The number of ether oxygens (including phenoxy) is 2. The van der Waals surface area contributed by atoms with Gasteiger partial charge in [0.1, 0.15) is 5.75 Å². The number of hydrogen-bond acceptors (Lipinski definition) is 4. The Morgan fingerprint density at radius 2 is 1.96 bits per heavy atom. The average Bonchev–Trinajstić information content (AvgIpc) is 3.09. The Balaban J connectivity index is 1.39. The Kier molecular flexibility index (Phi) is 6.32. The number of benzene rings is 2. The molecule has 6 nitrogen and oxygen atoms in total. The molecule has 1 heterocycles. The molecule has 0 spiro atoms. The third-order valence-corrected chi connectivity index (χ3v) is 4.37. The first-order valence-electron chi connectivity index (χ1n) is 9.24. The third kappa shape index (κ3) is 5.13. The summed E-state index contributed by atoms with van der Waals surface area (Å²) in [6, 6.07) is 15.4. The maximum absolute atomic E-state index is 12.0. The number of nitrogens with one attached hydrogen (secondary N) is 2. The summed E-state index contributed by atoms with van der Waals surface area (Å²) < 4.78 is 10.6. The second-order valence-electron chi connectivity index (χ2n) is 6.64. The fraction of sp³-hybridized carbons (Fsp3) is 0.273. The molecule has 0 aliphatic rings. The average molecular weight is 380 g/mol. The molecule has 3 rings (SSSR count). The van der Waals surface area contributed by atoms with Crippen LogP contribution in [0, 0.1) is 6.92 Å². The van der Waals surface area contributed by atoms with Gasteiger partial charge in [0.15, 0.2) is 12.7 Å². The first-order valence-corrected chi connectivity index (χ1v) is 9.24. The molecule has 1 amide bonds. The highest BCUT2D eigenvalue weighted by molar-refractivity contribution is 5.83. The fourth-order valence-electron chi connectivity index (χ4n) is 2.92. The quantitative estimate of drug-likeness (QED) is 0.589. The molecule has 28 heavy (non-hydrogen) atoms. The van der Waals surface area contributed by atoms with Crippen LogP contribution in [0.25, 0.3) is 10.9 Å². The van der Waals surface area contributed by atoms with Crippen LogP contribution in [0.1, 0.15) is 18.1 Å². The molecular formula is C22H24N2O4. The van der Waals surface area contributed by atoms with Crippen molar-refractivity contribution in [3.05, 3.63) is 65.9 Å². The Hall–Kier alpha value is -3.28. The summed E-state index contributed by atoms with van der Waals surface area (Å²) in [4.78, 5) is 27.1. The highest BCUT2D eigenvalue weighted by Crippen LogP contribution is 2.17. The van der Waals surface area contributed by atoms with Gasteiger partial charge in [-0.1, -0.05) is 30.3 Å². The number of aromatic nitrogens is 1. The van der Waals surface area contributed by atoms with Gasteiger partial charge in [-0.25, -0.2) is 4.79 Å². The lowest BCUT2D eigenvalue weighted by Gasteiger charge is -2.14. The van der Waals surface area contributed by atoms with Crippen LogP contribution in [0.4, 0.5) is 0 Å². The Bertz CT molecular complexity index is 964.